The van der Waals surface area contributed by atoms with Crippen molar-refractivity contribution in [2.24, 2.45) is 11.8 Å². The van der Waals surface area contributed by atoms with Gasteiger partial charge < -0.3 is 4.90 Å². The summed E-state index contributed by atoms with van der Waals surface area (Å²) in [5, 5.41) is 8.22. The molecule has 1 amide bonds. The van der Waals surface area contributed by atoms with Gasteiger partial charge in [0, 0.05) is 24.5 Å². The van der Waals surface area contributed by atoms with Crippen molar-refractivity contribution in [1.82, 2.24) is 20.0 Å². The number of aromatic nitrogens is 2. The van der Waals surface area contributed by atoms with Crippen LogP contribution in [-0.2, 0) is 11.2 Å². The maximum atomic E-state index is 13.5. The second-order valence-corrected chi connectivity index (χ2v) is 9.82. The first-order valence-corrected chi connectivity index (χ1v) is 11.9. The van der Waals surface area contributed by atoms with Crippen LogP contribution in [0.15, 0.2) is 40.7 Å². The Balaban J connectivity index is 1.29. The lowest BCUT2D eigenvalue weighted by Crippen LogP contribution is -2.60. The topological polar surface area (TPSA) is 69.3 Å². The van der Waals surface area contributed by atoms with Gasteiger partial charge in [0.25, 0.3) is 5.56 Å². The van der Waals surface area contributed by atoms with E-state index in [9.17, 15) is 9.59 Å². The Morgan fingerprint density at radius 2 is 2.00 bits per heavy atom. The fourth-order valence-electron chi connectivity index (χ4n) is 6.80. The fourth-order valence-corrected chi connectivity index (χ4v) is 6.80. The summed E-state index contributed by atoms with van der Waals surface area (Å²) in [5.74, 6) is 1.36. The van der Waals surface area contributed by atoms with Crippen molar-refractivity contribution >= 4 is 16.7 Å². The number of hydrogen-bond acceptors (Lipinski definition) is 4. The van der Waals surface area contributed by atoms with Crippen molar-refractivity contribution < 1.29 is 4.79 Å². The van der Waals surface area contributed by atoms with Crippen molar-refractivity contribution in [2.45, 2.75) is 57.0 Å². The van der Waals surface area contributed by atoms with Gasteiger partial charge in [-0.3, -0.25) is 14.5 Å². The minimum atomic E-state index is -0.202. The van der Waals surface area contributed by atoms with Gasteiger partial charge in [-0.2, -0.15) is 5.10 Å². The summed E-state index contributed by atoms with van der Waals surface area (Å²) < 4.78 is 0. The van der Waals surface area contributed by atoms with Crippen LogP contribution in [0, 0.1) is 11.8 Å². The highest BCUT2D eigenvalue weighted by Crippen LogP contribution is 2.45. The van der Waals surface area contributed by atoms with Crippen LogP contribution in [0.1, 0.15) is 44.2 Å². The summed E-state index contributed by atoms with van der Waals surface area (Å²) >= 11 is 0. The van der Waals surface area contributed by atoms with E-state index in [0.717, 1.165) is 37.4 Å². The van der Waals surface area contributed by atoms with E-state index in [1.54, 1.807) is 6.07 Å². The van der Waals surface area contributed by atoms with Gasteiger partial charge in [0.05, 0.1) is 23.5 Å². The summed E-state index contributed by atoms with van der Waals surface area (Å²) in [4.78, 5) is 30.5. The molecule has 0 unspecified atom stereocenters. The summed E-state index contributed by atoms with van der Waals surface area (Å²) in [7, 11) is 0. The number of piperidine rings is 3. The largest absolute Gasteiger partial charge is 0.335 e. The number of fused-ring (bicyclic) bond motifs is 7. The number of nitrogens with zero attached hydrogens (tertiary/aromatic N) is 3. The van der Waals surface area contributed by atoms with Crippen LogP contribution in [-0.4, -0.2) is 57.6 Å². The van der Waals surface area contributed by atoms with Gasteiger partial charge in [-0.1, -0.05) is 36.3 Å². The van der Waals surface area contributed by atoms with E-state index in [0.29, 0.717) is 22.9 Å². The molecule has 1 N–H and O–H groups in total. The number of hydrogen-bond donors (Lipinski definition) is 1. The molecule has 2 bridgehead atoms. The molecule has 6 nitrogen and oxygen atoms in total. The first-order chi connectivity index (χ1) is 15.2. The monoisotopic (exact) mass is 418 g/mol. The summed E-state index contributed by atoms with van der Waals surface area (Å²) in [5.41, 5.74) is 1.97. The van der Waals surface area contributed by atoms with Crippen LogP contribution >= 0.6 is 0 Å². The average Bonchev–Trinajstić information content (AvgIpc) is 2.81. The summed E-state index contributed by atoms with van der Waals surface area (Å²) in [6.07, 6.45) is 10.2. The van der Waals surface area contributed by atoms with Crippen molar-refractivity contribution in [3.63, 3.8) is 0 Å². The number of likely N-dealkylation sites (tertiary alicyclic amines) is 1. The molecule has 162 valence electrons. The Bertz CT molecular complexity index is 1110. The molecule has 3 saturated heterocycles. The normalized spacial score (nSPS) is 30.5. The van der Waals surface area contributed by atoms with Crippen molar-refractivity contribution in [1.29, 1.82) is 0 Å². The smallest absolute Gasteiger partial charge is 0.272 e. The molecule has 0 spiro atoms. The number of H-pyrrole nitrogens is 1. The standard InChI is InChI=1S/C25H30N4O2/c30-23(14-21-19-7-1-2-8-20(19)25(31)27-26-21)29-11-5-6-16-12-17-13-18(24(16)29)15-28-10-4-3-9-22(17)28/h1-2,7-8,12,17-18,22,24H,3-6,9-11,13-15H2,(H,27,31)/t17-,18+,22+,24-/m0/s1. The van der Waals surface area contributed by atoms with Crippen LogP contribution < -0.4 is 5.56 Å². The molecule has 1 aliphatic carbocycles. The van der Waals surface area contributed by atoms with E-state index < -0.39 is 0 Å². The molecule has 2 aromatic rings. The second-order valence-electron chi connectivity index (χ2n) is 9.82. The van der Waals surface area contributed by atoms with E-state index >= 15 is 0 Å². The Morgan fingerprint density at radius 3 is 2.90 bits per heavy atom. The highest BCUT2D eigenvalue weighted by molar-refractivity contribution is 5.88. The van der Waals surface area contributed by atoms with Gasteiger partial charge in [-0.05, 0) is 56.6 Å². The van der Waals surface area contributed by atoms with Crippen molar-refractivity contribution in [3.05, 3.63) is 52.0 Å². The third kappa shape index (κ3) is 3.23. The van der Waals surface area contributed by atoms with Gasteiger partial charge in [0.1, 0.15) is 0 Å². The maximum absolute atomic E-state index is 13.5. The summed E-state index contributed by atoms with van der Waals surface area (Å²) in [6.45, 7) is 3.17. The van der Waals surface area contributed by atoms with Gasteiger partial charge in [-0.15, -0.1) is 0 Å². The van der Waals surface area contributed by atoms with Gasteiger partial charge in [-0.25, -0.2) is 5.10 Å². The van der Waals surface area contributed by atoms with Gasteiger partial charge in [0.15, 0.2) is 0 Å². The van der Waals surface area contributed by atoms with E-state index in [1.807, 2.05) is 18.2 Å². The highest BCUT2D eigenvalue weighted by Gasteiger charge is 2.46. The number of aromatic amines is 1. The molecular formula is C25H30N4O2. The van der Waals surface area contributed by atoms with Crippen LogP contribution in [0.4, 0.5) is 0 Å². The van der Waals surface area contributed by atoms with Crippen molar-refractivity contribution in [2.75, 3.05) is 19.6 Å². The molecule has 4 atom stereocenters. The molecule has 1 aromatic heterocycles. The maximum Gasteiger partial charge on any atom is 0.272 e. The molecular weight excluding hydrogens is 388 g/mol. The number of rotatable bonds is 2. The Kier molecular flexibility index (Phi) is 4.71. The Hall–Kier alpha value is -2.47. The van der Waals surface area contributed by atoms with Crippen molar-refractivity contribution in [3.8, 4) is 0 Å². The van der Waals surface area contributed by atoms with Crippen LogP contribution in [0.25, 0.3) is 10.8 Å². The second kappa shape index (κ2) is 7.59. The number of carbonyl (C=O) groups excluding carboxylic acids is 1. The third-order valence-corrected chi connectivity index (χ3v) is 8.07. The van der Waals surface area contributed by atoms with E-state index in [2.05, 4.69) is 26.1 Å². The Morgan fingerprint density at radius 1 is 1.13 bits per heavy atom. The van der Waals surface area contributed by atoms with E-state index in [4.69, 9.17) is 0 Å². The van der Waals surface area contributed by atoms with Crippen LogP contribution in [0.5, 0.6) is 0 Å². The number of nitrogens with one attached hydrogen (secondary N) is 1. The SMILES string of the molecule is O=C(Cc1n[nH]c(=O)c2ccccc12)N1CCCC2=C[C@H]3C[C@H](CN4CCCC[C@H]34)[C@H]21. The number of carbonyl (C=O) groups is 1. The van der Waals surface area contributed by atoms with Gasteiger partial charge >= 0.3 is 0 Å². The number of benzene rings is 1. The zero-order valence-corrected chi connectivity index (χ0v) is 17.9. The molecule has 3 fully saturated rings. The van der Waals surface area contributed by atoms with Gasteiger partial charge in [0.2, 0.25) is 5.91 Å². The predicted octanol–water partition coefficient (Wildman–Crippen LogP) is 2.89. The molecule has 31 heavy (non-hydrogen) atoms. The minimum absolute atomic E-state index is 0.138. The average molecular weight is 419 g/mol. The highest BCUT2D eigenvalue weighted by atomic mass is 16.2. The zero-order chi connectivity index (χ0) is 20.9. The lowest BCUT2D eigenvalue weighted by atomic mass is 9.68. The molecule has 0 radical (unpaired) electrons. The molecule has 4 heterocycles. The van der Waals surface area contributed by atoms with Crippen LogP contribution in [0.2, 0.25) is 0 Å². The number of amides is 1. The molecule has 1 aromatic carbocycles. The first-order valence-electron chi connectivity index (χ1n) is 11.9. The minimum Gasteiger partial charge on any atom is -0.335 e. The van der Waals surface area contributed by atoms with E-state index in [1.165, 1.54) is 37.8 Å². The van der Waals surface area contributed by atoms with Crippen LogP contribution in [0.3, 0.4) is 0 Å². The quantitative estimate of drug-likeness (QED) is 0.762. The third-order valence-electron chi connectivity index (χ3n) is 8.07. The molecule has 0 saturated carbocycles. The lowest BCUT2D eigenvalue weighted by Gasteiger charge is -2.54. The Labute approximate surface area is 182 Å². The lowest BCUT2D eigenvalue weighted by molar-refractivity contribution is -0.135. The molecule has 6 heteroatoms. The van der Waals surface area contributed by atoms with E-state index in [-0.39, 0.29) is 23.9 Å². The summed E-state index contributed by atoms with van der Waals surface area (Å²) in [6, 6.07) is 8.40. The fraction of sp³-hybridized carbons (Fsp3) is 0.560. The molecule has 4 aliphatic rings. The zero-order valence-electron chi connectivity index (χ0n) is 17.9. The predicted molar refractivity (Wildman–Crippen MR) is 120 cm³/mol. The molecule has 3 aliphatic heterocycles. The molecule has 6 rings (SSSR count). The first kappa shape index (κ1) is 19.2.